The summed E-state index contributed by atoms with van der Waals surface area (Å²) in [5.74, 6) is -2.27. The molecule has 6 heteroatoms. The maximum absolute atomic E-state index is 12.9. The van der Waals surface area contributed by atoms with Crippen molar-refractivity contribution >= 4 is 11.7 Å². The van der Waals surface area contributed by atoms with Gasteiger partial charge in [0, 0.05) is 6.54 Å². The van der Waals surface area contributed by atoms with E-state index in [0.29, 0.717) is 12.5 Å². The monoisotopic (exact) mass is 271 g/mol. The molecule has 1 unspecified atom stereocenters. The van der Waals surface area contributed by atoms with Crippen molar-refractivity contribution in [1.82, 2.24) is 4.90 Å². The van der Waals surface area contributed by atoms with Crippen molar-refractivity contribution in [1.29, 1.82) is 0 Å². The lowest BCUT2D eigenvalue weighted by Gasteiger charge is -2.24. The first-order chi connectivity index (χ1) is 8.76. The normalized spacial score (nSPS) is 24.1. The third-order valence-corrected chi connectivity index (χ3v) is 3.39. The number of amides is 1. The van der Waals surface area contributed by atoms with E-state index in [1.165, 1.54) is 0 Å². The fourth-order valence-corrected chi connectivity index (χ4v) is 2.05. The summed E-state index contributed by atoms with van der Waals surface area (Å²) >= 11 is 0. The van der Waals surface area contributed by atoms with Gasteiger partial charge >= 0.3 is 6.18 Å². The molecule has 102 valence electrons. The predicted octanol–water partition coefficient (Wildman–Crippen LogP) is 2.17. The van der Waals surface area contributed by atoms with Gasteiger partial charge in [-0.05, 0) is 12.5 Å². The zero-order valence-electron chi connectivity index (χ0n) is 10.2. The molecule has 0 saturated carbocycles. The van der Waals surface area contributed by atoms with Gasteiger partial charge in [0.25, 0.3) is 0 Å². The Kier molecular flexibility index (Phi) is 3.12. The molecular formula is C13H12F3NO2. The minimum absolute atomic E-state index is 0.0110. The van der Waals surface area contributed by atoms with Gasteiger partial charge in [0.1, 0.15) is 0 Å². The highest BCUT2D eigenvalue weighted by Gasteiger charge is 2.66. The average molecular weight is 271 g/mol. The molecule has 0 bridgehead atoms. The van der Waals surface area contributed by atoms with E-state index in [1.807, 2.05) is 0 Å². The van der Waals surface area contributed by atoms with E-state index in [0.717, 1.165) is 4.90 Å². The van der Waals surface area contributed by atoms with Crippen molar-refractivity contribution in [2.24, 2.45) is 5.41 Å². The third kappa shape index (κ3) is 2.11. The van der Waals surface area contributed by atoms with Crippen molar-refractivity contribution < 1.29 is 22.8 Å². The Morgan fingerprint density at radius 1 is 1.21 bits per heavy atom. The molecule has 1 aromatic carbocycles. The fraction of sp³-hybridized carbons (Fsp3) is 0.385. The average Bonchev–Trinajstić information content (AvgIpc) is 2.56. The molecule has 3 nitrogen and oxygen atoms in total. The van der Waals surface area contributed by atoms with E-state index < -0.39 is 29.8 Å². The van der Waals surface area contributed by atoms with Gasteiger partial charge in [-0.1, -0.05) is 30.3 Å². The van der Waals surface area contributed by atoms with Crippen molar-refractivity contribution in [3.05, 3.63) is 35.9 Å². The second-order valence-corrected chi connectivity index (χ2v) is 4.69. The number of rotatable bonds is 2. The lowest BCUT2D eigenvalue weighted by molar-refractivity contribution is -0.211. The molecule has 1 amide bonds. The van der Waals surface area contributed by atoms with Crippen LogP contribution in [0.1, 0.15) is 12.5 Å². The van der Waals surface area contributed by atoms with Gasteiger partial charge in [-0.3, -0.25) is 9.59 Å². The van der Waals surface area contributed by atoms with Crippen LogP contribution >= 0.6 is 0 Å². The highest BCUT2D eigenvalue weighted by atomic mass is 19.4. The van der Waals surface area contributed by atoms with Crippen molar-refractivity contribution in [3.63, 3.8) is 0 Å². The number of likely N-dealkylation sites (tertiary alicyclic amines) is 1. The Bertz CT molecular complexity index is 512. The SMILES string of the molecule is CC1(C(F)(F)F)C(=O)CN(Cc2ccccc2)C1=O. The number of alkyl halides is 3. The van der Waals surface area contributed by atoms with Gasteiger partial charge in [-0.15, -0.1) is 0 Å². The number of carbonyl (C=O) groups is 2. The molecule has 0 spiro atoms. The van der Waals surface area contributed by atoms with Crippen LogP contribution in [0.3, 0.4) is 0 Å². The molecule has 0 radical (unpaired) electrons. The lowest BCUT2D eigenvalue weighted by Crippen LogP contribution is -2.46. The molecule has 0 N–H and O–H groups in total. The Morgan fingerprint density at radius 3 is 2.26 bits per heavy atom. The molecule has 0 aromatic heterocycles. The Labute approximate surface area is 108 Å². The van der Waals surface area contributed by atoms with Crippen molar-refractivity contribution in [3.8, 4) is 0 Å². The zero-order valence-corrected chi connectivity index (χ0v) is 10.2. The van der Waals surface area contributed by atoms with Gasteiger partial charge in [-0.25, -0.2) is 0 Å². The number of carbonyl (C=O) groups excluding carboxylic acids is 2. The second-order valence-electron chi connectivity index (χ2n) is 4.69. The van der Waals surface area contributed by atoms with Crippen LogP contribution in [0.5, 0.6) is 0 Å². The molecular weight excluding hydrogens is 259 g/mol. The van der Waals surface area contributed by atoms with E-state index in [1.54, 1.807) is 30.3 Å². The van der Waals surface area contributed by atoms with Crippen molar-refractivity contribution in [2.75, 3.05) is 6.54 Å². The largest absolute Gasteiger partial charge is 0.409 e. The number of halogens is 3. The molecule has 1 saturated heterocycles. The minimum Gasteiger partial charge on any atom is -0.330 e. The predicted molar refractivity (Wildman–Crippen MR) is 61.0 cm³/mol. The second kappa shape index (κ2) is 4.36. The molecule has 1 atom stereocenters. The summed E-state index contributed by atoms with van der Waals surface area (Å²) in [7, 11) is 0. The van der Waals surface area contributed by atoms with E-state index in [2.05, 4.69) is 0 Å². The summed E-state index contributed by atoms with van der Waals surface area (Å²) in [6.45, 7) is 0.170. The summed E-state index contributed by atoms with van der Waals surface area (Å²) in [6.07, 6.45) is -4.85. The first kappa shape index (κ1) is 13.6. The smallest absolute Gasteiger partial charge is 0.330 e. The van der Waals surface area contributed by atoms with Crippen LogP contribution < -0.4 is 0 Å². The van der Waals surface area contributed by atoms with Gasteiger partial charge < -0.3 is 4.90 Å². The molecule has 1 aromatic rings. The number of benzene rings is 1. The zero-order chi connectivity index (χ0) is 14.3. The molecule has 1 aliphatic rings. The van der Waals surface area contributed by atoms with Crippen LogP contribution in [-0.2, 0) is 16.1 Å². The van der Waals surface area contributed by atoms with E-state index in [9.17, 15) is 22.8 Å². The van der Waals surface area contributed by atoms with Crippen LogP contribution in [0, 0.1) is 5.41 Å². The van der Waals surface area contributed by atoms with Crippen LogP contribution in [0.25, 0.3) is 0 Å². The molecule has 1 fully saturated rings. The topological polar surface area (TPSA) is 37.4 Å². The number of hydrogen-bond donors (Lipinski definition) is 0. The van der Waals surface area contributed by atoms with Gasteiger partial charge in [0.15, 0.2) is 5.78 Å². The van der Waals surface area contributed by atoms with E-state index in [-0.39, 0.29) is 6.54 Å². The highest BCUT2D eigenvalue weighted by molar-refractivity contribution is 6.13. The van der Waals surface area contributed by atoms with E-state index >= 15 is 0 Å². The summed E-state index contributed by atoms with van der Waals surface area (Å²) in [5, 5.41) is 0. The standard InChI is InChI=1S/C13H12F3NO2/c1-12(13(14,15)16)10(18)8-17(11(12)19)7-9-5-3-2-4-6-9/h2-6H,7-8H2,1H3. The molecule has 1 aliphatic heterocycles. The van der Waals surface area contributed by atoms with Crippen LogP contribution in [-0.4, -0.2) is 29.3 Å². The van der Waals surface area contributed by atoms with E-state index in [4.69, 9.17) is 0 Å². The first-order valence-electron chi connectivity index (χ1n) is 5.70. The van der Waals surface area contributed by atoms with Gasteiger partial charge in [-0.2, -0.15) is 13.2 Å². The maximum Gasteiger partial charge on any atom is 0.409 e. The number of ketones is 1. The molecule has 2 rings (SSSR count). The van der Waals surface area contributed by atoms with Crippen LogP contribution in [0.2, 0.25) is 0 Å². The van der Waals surface area contributed by atoms with Gasteiger partial charge in [0.2, 0.25) is 11.3 Å². The number of Topliss-reactive ketones (excluding diaryl/α,β-unsaturated/α-hetero) is 1. The Hall–Kier alpha value is -1.85. The molecule has 19 heavy (non-hydrogen) atoms. The first-order valence-corrected chi connectivity index (χ1v) is 5.70. The molecule has 0 aliphatic carbocycles. The third-order valence-electron chi connectivity index (χ3n) is 3.39. The number of hydrogen-bond acceptors (Lipinski definition) is 2. The minimum atomic E-state index is -4.85. The molecule has 1 heterocycles. The summed E-state index contributed by atoms with van der Waals surface area (Å²) in [6, 6.07) is 8.60. The Balaban J connectivity index is 2.24. The van der Waals surface area contributed by atoms with Crippen LogP contribution in [0.15, 0.2) is 30.3 Å². The summed E-state index contributed by atoms with van der Waals surface area (Å²) < 4.78 is 38.7. The van der Waals surface area contributed by atoms with Crippen LogP contribution in [0.4, 0.5) is 13.2 Å². The fourth-order valence-electron chi connectivity index (χ4n) is 2.05. The Morgan fingerprint density at radius 2 is 1.79 bits per heavy atom. The van der Waals surface area contributed by atoms with Gasteiger partial charge in [0.05, 0.1) is 6.54 Å². The lowest BCUT2D eigenvalue weighted by atomic mass is 9.87. The maximum atomic E-state index is 12.9. The quantitative estimate of drug-likeness (QED) is 0.773. The van der Waals surface area contributed by atoms with Crippen molar-refractivity contribution in [2.45, 2.75) is 19.6 Å². The number of nitrogens with zero attached hydrogens (tertiary/aromatic N) is 1. The summed E-state index contributed by atoms with van der Waals surface area (Å²) in [4.78, 5) is 24.4. The highest BCUT2D eigenvalue weighted by Crippen LogP contribution is 2.44. The summed E-state index contributed by atoms with van der Waals surface area (Å²) in [5.41, 5.74) is -2.21.